The molecule has 1 N–H and O–H groups in total. The summed E-state index contributed by atoms with van der Waals surface area (Å²) < 4.78 is 45.7. The van der Waals surface area contributed by atoms with E-state index in [0.29, 0.717) is 12.1 Å². The molecular weight excluding hydrogens is 449 g/mol. The van der Waals surface area contributed by atoms with Gasteiger partial charge in [0, 0.05) is 25.3 Å². The standard InChI is InChI=1S/C23H28FN3O5S/c1-3-27(33(30,31)21-15-18(24)8-11-20(21)32-2)16-22(28)25-19-9-6-17(7-10-19)14-23(29)26-12-4-5-13-26/h6-11,15H,3-5,12-14,16H2,1-2H3,(H,25,28). The largest absolute Gasteiger partial charge is 0.495 e. The van der Waals surface area contributed by atoms with E-state index in [-0.39, 0.29) is 23.1 Å². The van der Waals surface area contributed by atoms with E-state index in [4.69, 9.17) is 4.74 Å². The Labute approximate surface area is 193 Å². The topological polar surface area (TPSA) is 96.0 Å². The number of methoxy groups -OCH3 is 1. The molecule has 2 amide bonds. The van der Waals surface area contributed by atoms with Gasteiger partial charge in [0.2, 0.25) is 21.8 Å². The lowest BCUT2D eigenvalue weighted by atomic mass is 10.1. The zero-order valence-electron chi connectivity index (χ0n) is 18.7. The molecule has 0 saturated carbocycles. The second-order valence-electron chi connectivity index (χ2n) is 7.74. The Morgan fingerprint density at radius 3 is 2.39 bits per heavy atom. The summed E-state index contributed by atoms with van der Waals surface area (Å²) in [7, 11) is -2.88. The molecule has 1 fully saturated rings. The molecule has 1 aliphatic heterocycles. The van der Waals surface area contributed by atoms with Gasteiger partial charge in [-0.05, 0) is 48.7 Å². The maximum absolute atomic E-state index is 13.7. The first-order valence-electron chi connectivity index (χ1n) is 10.7. The van der Waals surface area contributed by atoms with Crippen LogP contribution in [0.1, 0.15) is 25.3 Å². The van der Waals surface area contributed by atoms with E-state index >= 15 is 0 Å². The van der Waals surface area contributed by atoms with Crippen molar-refractivity contribution in [1.82, 2.24) is 9.21 Å². The molecule has 1 aliphatic rings. The summed E-state index contributed by atoms with van der Waals surface area (Å²) in [5, 5.41) is 2.66. The first kappa shape index (κ1) is 24.7. The Morgan fingerprint density at radius 2 is 1.79 bits per heavy atom. The molecule has 8 nitrogen and oxygen atoms in total. The highest BCUT2D eigenvalue weighted by Crippen LogP contribution is 2.27. The highest BCUT2D eigenvalue weighted by atomic mass is 32.2. The van der Waals surface area contributed by atoms with Gasteiger partial charge in [-0.3, -0.25) is 9.59 Å². The quantitative estimate of drug-likeness (QED) is 0.599. The zero-order valence-corrected chi connectivity index (χ0v) is 19.5. The average molecular weight is 478 g/mol. The monoisotopic (exact) mass is 477 g/mol. The molecule has 0 bridgehead atoms. The number of anilines is 1. The normalized spacial score (nSPS) is 13.9. The Balaban J connectivity index is 1.64. The molecule has 3 rings (SSSR count). The number of likely N-dealkylation sites (N-methyl/N-ethyl adjacent to an activating group) is 1. The predicted molar refractivity (Wildman–Crippen MR) is 122 cm³/mol. The summed E-state index contributed by atoms with van der Waals surface area (Å²) >= 11 is 0. The average Bonchev–Trinajstić information content (AvgIpc) is 3.34. The molecular formula is C23H28FN3O5S. The molecule has 0 radical (unpaired) electrons. The molecule has 0 atom stereocenters. The number of nitrogens with one attached hydrogen (secondary N) is 1. The van der Waals surface area contributed by atoms with Gasteiger partial charge in [-0.2, -0.15) is 4.31 Å². The number of benzene rings is 2. The second-order valence-corrected chi connectivity index (χ2v) is 9.64. The maximum Gasteiger partial charge on any atom is 0.247 e. The van der Waals surface area contributed by atoms with Gasteiger partial charge in [-0.1, -0.05) is 19.1 Å². The molecule has 1 heterocycles. The Kier molecular flexibility index (Phi) is 8.04. The van der Waals surface area contributed by atoms with Crippen molar-refractivity contribution < 1.29 is 27.1 Å². The SMILES string of the molecule is CCN(CC(=O)Nc1ccc(CC(=O)N2CCCC2)cc1)S(=O)(=O)c1cc(F)ccc1OC. The van der Waals surface area contributed by atoms with E-state index in [1.165, 1.54) is 13.2 Å². The van der Waals surface area contributed by atoms with Gasteiger partial charge in [-0.15, -0.1) is 0 Å². The van der Waals surface area contributed by atoms with Crippen LogP contribution < -0.4 is 10.1 Å². The number of likely N-dealkylation sites (tertiary alicyclic amines) is 1. The molecule has 0 aliphatic carbocycles. The van der Waals surface area contributed by atoms with E-state index in [1.54, 1.807) is 31.2 Å². The van der Waals surface area contributed by atoms with Crippen LogP contribution in [0, 0.1) is 5.82 Å². The van der Waals surface area contributed by atoms with Crippen molar-refractivity contribution in [1.29, 1.82) is 0 Å². The summed E-state index contributed by atoms with van der Waals surface area (Å²) in [6, 6.07) is 10.1. The Morgan fingerprint density at radius 1 is 1.12 bits per heavy atom. The zero-order chi connectivity index (χ0) is 24.0. The van der Waals surface area contributed by atoms with Crippen molar-refractivity contribution >= 4 is 27.5 Å². The van der Waals surface area contributed by atoms with Crippen molar-refractivity contribution in [3.05, 3.63) is 53.8 Å². The summed E-state index contributed by atoms with van der Waals surface area (Å²) in [4.78, 5) is 26.3. The van der Waals surface area contributed by atoms with Gasteiger partial charge in [0.1, 0.15) is 16.5 Å². The highest BCUT2D eigenvalue weighted by Gasteiger charge is 2.29. The minimum Gasteiger partial charge on any atom is -0.495 e. The number of nitrogens with zero attached hydrogens (tertiary/aromatic N) is 2. The second kappa shape index (κ2) is 10.8. The summed E-state index contributed by atoms with van der Waals surface area (Å²) in [5.41, 5.74) is 1.31. The molecule has 178 valence electrons. The third-order valence-corrected chi connectivity index (χ3v) is 7.41. The number of halogens is 1. The Hall–Kier alpha value is -2.98. The fraction of sp³-hybridized carbons (Fsp3) is 0.391. The van der Waals surface area contributed by atoms with Crippen LogP contribution in [0.3, 0.4) is 0 Å². The third-order valence-electron chi connectivity index (χ3n) is 5.47. The molecule has 0 unspecified atom stereocenters. The van der Waals surface area contributed by atoms with Crippen LogP contribution in [-0.4, -0.2) is 62.7 Å². The fourth-order valence-electron chi connectivity index (χ4n) is 3.68. The van der Waals surface area contributed by atoms with Crippen molar-refractivity contribution in [2.24, 2.45) is 0 Å². The van der Waals surface area contributed by atoms with Crippen LogP contribution in [-0.2, 0) is 26.0 Å². The van der Waals surface area contributed by atoms with Crippen molar-refractivity contribution in [2.45, 2.75) is 31.1 Å². The van der Waals surface area contributed by atoms with Crippen molar-refractivity contribution in [3.63, 3.8) is 0 Å². The predicted octanol–water partition coefficient (Wildman–Crippen LogP) is 2.65. The minimum absolute atomic E-state index is 0.00526. The van der Waals surface area contributed by atoms with E-state index in [2.05, 4.69) is 5.32 Å². The number of ether oxygens (including phenoxy) is 1. The number of amides is 2. The minimum atomic E-state index is -4.17. The summed E-state index contributed by atoms with van der Waals surface area (Å²) in [5.74, 6) is -1.19. The number of rotatable bonds is 9. The maximum atomic E-state index is 13.7. The van der Waals surface area contributed by atoms with Crippen molar-refractivity contribution in [2.75, 3.05) is 38.6 Å². The molecule has 0 spiro atoms. The number of sulfonamides is 1. The molecule has 2 aromatic rings. The van der Waals surface area contributed by atoms with Gasteiger partial charge in [0.25, 0.3) is 0 Å². The van der Waals surface area contributed by atoms with Crippen LogP contribution in [0.5, 0.6) is 5.75 Å². The van der Waals surface area contributed by atoms with Crippen LogP contribution in [0.15, 0.2) is 47.4 Å². The van der Waals surface area contributed by atoms with Crippen molar-refractivity contribution in [3.8, 4) is 5.75 Å². The fourth-order valence-corrected chi connectivity index (χ4v) is 5.25. The molecule has 0 aromatic heterocycles. The van der Waals surface area contributed by atoms with Crippen LogP contribution >= 0.6 is 0 Å². The van der Waals surface area contributed by atoms with E-state index in [0.717, 1.165) is 47.9 Å². The van der Waals surface area contributed by atoms with Gasteiger partial charge in [0.05, 0.1) is 20.1 Å². The lowest BCUT2D eigenvalue weighted by Crippen LogP contribution is -2.38. The number of hydrogen-bond acceptors (Lipinski definition) is 5. The first-order chi connectivity index (χ1) is 15.7. The smallest absolute Gasteiger partial charge is 0.247 e. The van der Waals surface area contributed by atoms with Crippen LogP contribution in [0.4, 0.5) is 10.1 Å². The summed E-state index contributed by atoms with van der Waals surface area (Å²) in [6.45, 7) is 2.74. The van der Waals surface area contributed by atoms with E-state index in [9.17, 15) is 22.4 Å². The van der Waals surface area contributed by atoms with Gasteiger partial charge >= 0.3 is 0 Å². The number of carbonyl (C=O) groups is 2. The van der Waals surface area contributed by atoms with Crippen LogP contribution in [0.2, 0.25) is 0 Å². The van der Waals surface area contributed by atoms with E-state index in [1.807, 2.05) is 4.90 Å². The molecule has 33 heavy (non-hydrogen) atoms. The van der Waals surface area contributed by atoms with Crippen LogP contribution in [0.25, 0.3) is 0 Å². The van der Waals surface area contributed by atoms with Gasteiger partial charge in [-0.25, -0.2) is 12.8 Å². The lowest BCUT2D eigenvalue weighted by molar-refractivity contribution is -0.129. The first-order valence-corrected chi connectivity index (χ1v) is 12.2. The third kappa shape index (κ3) is 6.08. The lowest BCUT2D eigenvalue weighted by Gasteiger charge is -2.21. The number of hydrogen-bond donors (Lipinski definition) is 1. The van der Waals surface area contributed by atoms with E-state index < -0.39 is 28.3 Å². The van der Waals surface area contributed by atoms with Gasteiger partial charge < -0.3 is 15.0 Å². The highest BCUT2D eigenvalue weighted by molar-refractivity contribution is 7.89. The number of carbonyl (C=O) groups excluding carboxylic acids is 2. The molecule has 2 aromatic carbocycles. The van der Waals surface area contributed by atoms with Gasteiger partial charge in [0.15, 0.2) is 0 Å². The molecule has 10 heteroatoms. The molecule has 1 saturated heterocycles. The Bertz CT molecular complexity index is 1100. The summed E-state index contributed by atoms with van der Waals surface area (Å²) in [6.07, 6.45) is 2.37.